The predicted octanol–water partition coefficient (Wildman–Crippen LogP) is 4.83. The van der Waals surface area contributed by atoms with Crippen LogP contribution in [0.5, 0.6) is 0 Å². The van der Waals surface area contributed by atoms with Crippen LogP contribution in [-0.2, 0) is 0 Å². The molecule has 1 N–H and O–H groups in total. The normalized spacial score (nSPS) is 24.7. The van der Waals surface area contributed by atoms with Crippen LogP contribution in [0.15, 0.2) is 71.1 Å². The number of hydrogen-bond acceptors (Lipinski definition) is 3. The molecule has 0 aromatic heterocycles. The zero-order chi connectivity index (χ0) is 18.8. The van der Waals surface area contributed by atoms with Gasteiger partial charge in [-0.15, -0.1) is 5.92 Å². The first-order chi connectivity index (χ1) is 12.8. The number of nitrogens with one attached hydrogen (secondary N) is 1. The van der Waals surface area contributed by atoms with Crippen LogP contribution in [0.3, 0.4) is 0 Å². The van der Waals surface area contributed by atoms with Crippen molar-refractivity contribution in [2.45, 2.75) is 39.5 Å². The first kappa shape index (κ1) is 19.6. The Kier molecular flexibility index (Phi) is 7.76. The Morgan fingerprint density at radius 1 is 1.23 bits per heavy atom. The van der Waals surface area contributed by atoms with Gasteiger partial charge in [-0.05, 0) is 31.4 Å². The summed E-state index contributed by atoms with van der Waals surface area (Å²) >= 11 is 0. The van der Waals surface area contributed by atoms with Gasteiger partial charge in [0, 0.05) is 42.7 Å². The Hall–Kier alpha value is -2.73. The fourth-order valence-corrected chi connectivity index (χ4v) is 3.31. The summed E-state index contributed by atoms with van der Waals surface area (Å²) in [7, 11) is 0. The minimum Gasteiger partial charge on any atom is -0.370 e. The van der Waals surface area contributed by atoms with Gasteiger partial charge in [0.25, 0.3) is 0 Å². The van der Waals surface area contributed by atoms with Crippen LogP contribution in [0.25, 0.3) is 0 Å². The van der Waals surface area contributed by atoms with Crippen molar-refractivity contribution < 1.29 is 0 Å². The predicted molar refractivity (Wildman–Crippen MR) is 112 cm³/mol. The van der Waals surface area contributed by atoms with Crippen LogP contribution in [0.1, 0.15) is 45.1 Å². The van der Waals surface area contributed by atoms with Crippen molar-refractivity contribution in [2.75, 3.05) is 13.1 Å². The van der Waals surface area contributed by atoms with Crippen molar-refractivity contribution in [3.8, 4) is 11.8 Å². The van der Waals surface area contributed by atoms with Crippen LogP contribution in [-0.4, -0.2) is 24.2 Å². The molecule has 1 aromatic carbocycles. The van der Waals surface area contributed by atoms with Gasteiger partial charge in [-0.2, -0.15) is 5.10 Å². The number of benzene rings is 1. The molecule has 136 valence electrons. The van der Waals surface area contributed by atoms with Gasteiger partial charge < -0.3 is 4.90 Å². The Morgan fingerprint density at radius 2 is 2.00 bits per heavy atom. The number of hydrogen-bond donors (Lipinski definition) is 1. The van der Waals surface area contributed by atoms with Gasteiger partial charge in [0.1, 0.15) is 0 Å². The van der Waals surface area contributed by atoms with Crippen molar-refractivity contribution in [1.82, 2.24) is 10.3 Å². The zero-order valence-electron chi connectivity index (χ0n) is 16.1. The highest BCUT2D eigenvalue weighted by Crippen LogP contribution is 2.31. The van der Waals surface area contributed by atoms with Crippen molar-refractivity contribution in [3.05, 3.63) is 71.6 Å². The topological polar surface area (TPSA) is 27.6 Å². The largest absolute Gasteiger partial charge is 0.370 e. The van der Waals surface area contributed by atoms with E-state index in [-0.39, 0.29) is 0 Å². The van der Waals surface area contributed by atoms with Gasteiger partial charge in [0.15, 0.2) is 0 Å². The van der Waals surface area contributed by atoms with Gasteiger partial charge in [0.05, 0.1) is 5.57 Å². The Morgan fingerprint density at radius 3 is 2.73 bits per heavy atom. The number of allylic oxidation sites excluding steroid dienone is 2. The molecule has 1 fully saturated rings. The smallest absolute Gasteiger partial charge is 0.0508 e. The monoisotopic (exact) mass is 347 g/mol. The van der Waals surface area contributed by atoms with Gasteiger partial charge >= 0.3 is 0 Å². The van der Waals surface area contributed by atoms with Crippen molar-refractivity contribution in [1.29, 1.82) is 0 Å². The van der Waals surface area contributed by atoms with E-state index in [9.17, 15) is 0 Å². The van der Waals surface area contributed by atoms with Crippen molar-refractivity contribution in [2.24, 2.45) is 5.10 Å². The molecule has 0 saturated carbocycles. The van der Waals surface area contributed by atoms with Crippen molar-refractivity contribution >= 4 is 6.21 Å². The Labute approximate surface area is 158 Å². The third kappa shape index (κ3) is 4.89. The number of nitrogens with zero attached hydrogens (tertiary/aromatic N) is 2. The molecule has 1 aromatic rings. The molecule has 3 rings (SSSR count). The lowest BCUT2D eigenvalue weighted by Crippen LogP contribution is -2.34. The van der Waals surface area contributed by atoms with E-state index in [0.29, 0.717) is 5.92 Å². The fourth-order valence-electron chi connectivity index (χ4n) is 3.31. The summed E-state index contributed by atoms with van der Waals surface area (Å²) in [5.41, 5.74) is 7.27. The molecule has 3 nitrogen and oxygen atoms in total. The van der Waals surface area contributed by atoms with Crippen molar-refractivity contribution in [3.63, 3.8) is 0 Å². The first-order valence-corrected chi connectivity index (χ1v) is 9.41. The van der Waals surface area contributed by atoms with Crippen LogP contribution in [0, 0.1) is 11.8 Å². The second kappa shape index (κ2) is 10.3. The maximum atomic E-state index is 4.29. The third-order valence-electron chi connectivity index (χ3n) is 4.52. The molecule has 26 heavy (non-hydrogen) atoms. The Balaban J connectivity index is 0.00000117. The van der Waals surface area contributed by atoms with Crippen LogP contribution in [0.2, 0.25) is 0 Å². The van der Waals surface area contributed by atoms with E-state index in [1.165, 1.54) is 18.4 Å². The molecule has 3 heteroatoms. The fraction of sp³-hybridized carbons (Fsp3) is 0.348. The number of piperidine rings is 1. The van der Waals surface area contributed by atoms with Crippen LogP contribution in [0.4, 0.5) is 0 Å². The minimum absolute atomic E-state index is 0.554. The van der Waals surface area contributed by atoms with Crippen LogP contribution < -0.4 is 5.43 Å². The first-order valence-electron chi connectivity index (χ1n) is 9.41. The standard InChI is InChI=1S/C21H23N3.C2H6/c1-3-8-19-15-23-22-13-12-21(17(19)2)24-14-7-11-20(16-24)18-9-5-4-6-10-18;1-2/h4-6,9-10,12-13,15,20,23H,2,7,11,14,16H2,1H3;1-2H3/b19-15-,21-12+,22-13-;. The van der Waals surface area contributed by atoms with E-state index in [0.717, 1.165) is 29.9 Å². The lowest BCUT2D eigenvalue weighted by Gasteiger charge is -2.37. The number of hydrazone groups is 1. The van der Waals surface area contributed by atoms with E-state index < -0.39 is 0 Å². The van der Waals surface area contributed by atoms with E-state index in [4.69, 9.17) is 0 Å². The third-order valence-corrected chi connectivity index (χ3v) is 4.52. The van der Waals surface area contributed by atoms with E-state index >= 15 is 0 Å². The maximum Gasteiger partial charge on any atom is 0.0508 e. The zero-order valence-corrected chi connectivity index (χ0v) is 16.1. The van der Waals surface area contributed by atoms with Crippen LogP contribution >= 0.6 is 0 Å². The molecule has 0 bridgehead atoms. The molecule has 2 aliphatic heterocycles. The molecule has 0 radical (unpaired) electrons. The quantitative estimate of drug-likeness (QED) is 0.776. The number of likely N-dealkylation sites (tertiary alicyclic amines) is 1. The second-order valence-electron chi connectivity index (χ2n) is 6.07. The summed E-state index contributed by atoms with van der Waals surface area (Å²) in [4.78, 5) is 2.42. The van der Waals surface area contributed by atoms with Gasteiger partial charge in [-0.25, -0.2) is 0 Å². The number of rotatable bonds is 2. The van der Waals surface area contributed by atoms with E-state index in [2.05, 4.69) is 64.2 Å². The lowest BCUT2D eigenvalue weighted by atomic mass is 9.89. The molecular formula is C23H29N3. The summed E-state index contributed by atoms with van der Waals surface area (Å²) in [6, 6.07) is 10.8. The average Bonchev–Trinajstić information content (AvgIpc) is 2.70. The maximum absolute atomic E-state index is 4.29. The summed E-state index contributed by atoms with van der Waals surface area (Å²) < 4.78 is 0. The molecule has 0 aliphatic carbocycles. The molecule has 2 aliphatic rings. The highest BCUT2D eigenvalue weighted by Gasteiger charge is 2.24. The molecule has 0 amide bonds. The van der Waals surface area contributed by atoms with Gasteiger partial charge in [-0.3, -0.25) is 5.43 Å². The average molecular weight is 348 g/mol. The lowest BCUT2D eigenvalue weighted by molar-refractivity contribution is 0.264. The minimum atomic E-state index is 0.554. The molecule has 1 unspecified atom stereocenters. The van der Waals surface area contributed by atoms with E-state index in [1.807, 2.05) is 33.0 Å². The SMILES string of the molecule is C=C1/C(C#CC)=C\N/N=C\C=C/1N1CCCC(c2ccccc2)C1.CC. The Bertz CT molecular complexity index is 745. The molecule has 2 heterocycles. The molecular weight excluding hydrogens is 318 g/mol. The molecule has 1 saturated heterocycles. The van der Waals surface area contributed by atoms with E-state index in [1.54, 1.807) is 6.21 Å². The summed E-state index contributed by atoms with van der Waals surface area (Å²) in [6.45, 7) is 12.2. The van der Waals surface area contributed by atoms with Gasteiger partial charge in [-0.1, -0.05) is 56.7 Å². The summed E-state index contributed by atoms with van der Waals surface area (Å²) in [6.07, 6.45) is 8.05. The highest BCUT2D eigenvalue weighted by molar-refractivity contribution is 5.75. The van der Waals surface area contributed by atoms with Gasteiger partial charge in [0.2, 0.25) is 0 Å². The highest BCUT2D eigenvalue weighted by atomic mass is 15.3. The second-order valence-corrected chi connectivity index (χ2v) is 6.07. The molecule has 1 atom stereocenters. The summed E-state index contributed by atoms with van der Waals surface area (Å²) in [5.74, 6) is 6.63. The molecule has 0 spiro atoms. The summed E-state index contributed by atoms with van der Waals surface area (Å²) in [5, 5.41) is 4.16.